The van der Waals surface area contributed by atoms with Gasteiger partial charge in [-0.15, -0.1) is 0 Å². The van der Waals surface area contributed by atoms with Gasteiger partial charge in [0.15, 0.2) is 5.11 Å². The summed E-state index contributed by atoms with van der Waals surface area (Å²) in [5, 5.41) is 17.4. The van der Waals surface area contributed by atoms with Crippen molar-refractivity contribution in [2.45, 2.75) is 44.1 Å². The van der Waals surface area contributed by atoms with Crippen molar-refractivity contribution in [2.24, 2.45) is 17.8 Å². The highest BCUT2D eigenvalue weighted by atomic mass is 32.1. The van der Waals surface area contributed by atoms with E-state index in [2.05, 4.69) is 10.6 Å². The van der Waals surface area contributed by atoms with E-state index in [1.807, 2.05) is 0 Å². The predicted molar refractivity (Wildman–Crippen MR) is 107 cm³/mol. The molecule has 4 fully saturated rings. The third-order valence-electron chi connectivity index (χ3n) is 6.16. The van der Waals surface area contributed by atoms with Crippen molar-refractivity contribution in [3.05, 3.63) is 46.0 Å². The lowest BCUT2D eigenvalue weighted by Crippen LogP contribution is -2.61. The summed E-state index contributed by atoms with van der Waals surface area (Å²) >= 11 is 5.39. The lowest BCUT2D eigenvalue weighted by atomic mass is 9.53. The van der Waals surface area contributed by atoms with Crippen molar-refractivity contribution >= 4 is 35.0 Å². The summed E-state index contributed by atoms with van der Waals surface area (Å²) in [5.74, 6) is 2.08. The van der Waals surface area contributed by atoms with Gasteiger partial charge in [-0.3, -0.25) is 20.2 Å². The van der Waals surface area contributed by atoms with Crippen molar-refractivity contribution in [1.29, 1.82) is 0 Å². The second kappa shape index (κ2) is 7.03. The zero-order valence-corrected chi connectivity index (χ0v) is 15.8. The first-order valence-electron chi connectivity index (χ1n) is 9.46. The first kappa shape index (κ1) is 18.1. The van der Waals surface area contributed by atoms with Crippen LogP contribution in [0.25, 0.3) is 6.08 Å². The van der Waals surface area contributed by atoms with Gasteiger partial charge in [0, 0.05) is 23.7 Å². The van der Waals surface area contributed by atoms with E-state index in [1.54, 1.807) is 18.2 Å². The SMILES string of the molecule is O=C(C=Cc1cccc([N+](=O)[O-])c1)NC(=S)NC12CC3CC(CC(C3)C1)C2. The Labute approximate surface area is 163 Å². The molecule has 0 aromatic heterocycles. The molecule has 4 aliphatic carbocycles. The number of nitrogens with one attached hydrogen (secondary N) is 2. The number of non-ortho nitro benzene ring substituents is 1. The molecule has 6 nitrogen and oxygen atoms in total. The highest BCUT2D eigenvalue weighted by molar-refractivity contribution is 7.80. The van der Waals surface area contributed by atoms with Gasteiger partial charge in [0.2, 0.25) is 5.91 Å². The molecule has 0 saturated heterocycles. The molecule has 0 aliphatic heterocycles. The molecule has 142 valence electrons. The molecule has 2 N–H and O–H groups in total. The zero-order chi connectivity index (χ0) is 19.0. The Bertz CT molecular complexity index is 785. The Hall–Kier alpha value is -2.28. The summed E-state index contributed by atoms with van der Waals surface area (Å²) in [6.45, 7) is 0. The molecule has 27 heavy (non-hydrogen) atoms. The smallest absolute Gasteiger partial charge is 0.270 e. The van der Waals surface area contributed by atoms with Crippen LogP contribution in [-0.2, 0) is 4.79 Å². The van der Waals surface area contributed by atoms with Gasteiger partial charge in [-0.1, -0.05) is 12.1 Å². The third-order valence-corrected chi connectivity index (χ3v) is 6.37. The second-order valence-corrected chi connectivity index (χ2v) is 8.73. The average molecular weight is 385 g/mol. The molecule has 1 amide bonds. The molecular formula is C20H23N3O3S. The molecule has 0 radical (unpaired) electrons. The molecule has 5 rings (SSSR count). The van der Waals surface area contributed by atoms with Gasteiger partial charge < -0.3 is 5.32 Å². The fraction of sp³-hybridized carbons (Fsp3) is 0.500. The summed E-state index contributed by atoms with van der Waals surface area (Å²) in [4.78, 5) is 22.5. The Balaban J connectivity index is 1.34. The second-order valence-electron chi connectivity index (χ2n) is 8.33. The molecule has 1 aromatic rings. The van der Waals surface area contributed by atoms with Crippen LogP contribution in [0.3, 0.4) is 0 Å². The zero-order valence-electron chi connectivity index (χ0n) is 15.0. The van der Waals surface area contributed by atoms with Gasteiger partial charge in [0.05, 0.1) is 4.92 Å². The Morgan fingerprint density at radius 2 is 1.81 bits per heavy atom. The highest BCUT2D eigenvalue weighted by Crippen LogP contribution is 2.55. The lowest BCUT2D eigenvalue weighted by molar-refractivity contribution is -0.384. The number of nitro benzene ring substituents is 1. The van der Waals surface area contributed by atoms with Gasteiger partial charge in [-0.05, 0) is 80.1 Å². The van der Waals surface area contributed by atoms with E-state index >= 15 is 0 Å². The number of hydrogen-bond acceptors (Lipinski definition) is 4. The van der Waals surface area contributed by atoms with Crippen LogP contribution in [0.5, 0.6) is 0 Å². The molecule has 0 heterocycles. The lowest BCUT2D eigenvalue weighted by Gasteiger charge is -2.57. The highest BCUT2D eigenvalue weighted by Gasteiger charge is 2.51. The summed E-state index contributed by atoms with van der Waals surface area (Å²) in [6.07, 6.45) is 10.4. The van der Waals surface area contributed by atoms with E-state index in [1.165, 1.54) is 37.5 Å². The van der Waals surface area contributed by atoms with Gasteiger partial charge in [-0.25, -0.2) is 0 Å². The minimum Gasteiger partial charge on any atom is -0.357 e. The Morgan fingerprint density at radius 3 is 2.41 bits per heavy atom. The van der Waals surface area contributed by atoms with Crippen LogP contribution in [-0.4, -0.2) is 21.5 Å². The number of benzene rings is 1. The molecule has 0 spiro atoms. The summed E-state index contributed by atoms with van der Waals surface area (Å²) in [6, 6.07) is 6.15. The standard InChI is InChI=1S/C20H23N3O3S/c24-18(5-4-13-2-1-3-17(9-13)23(25)26)21-19(27)22-20-10-14-6-15(11-20)8-16(7-14)12-20/h1-5,9,14-16H,6-8,10-12H2,(H2,21,22,24,27). The van der Waals surface area contributed by atoms with Gasteiger partial charge in [-0.2, -0.15) is 0 Å². The number of nitro groups is 1. The van der Waals surface area contributed by atoms with Gasteiger partial charge in [0.25, 0.3) is 5.69 Å². The van der Waals surface area contributed by atoms with Crippen molar-refractivity contribution in [3.63, 3.8) is 0 Å². The maximum atomic E-state index is 12.2. The number of nitrogens with zero attached hydrogens (tertiary/aromatic N) is 1. The summed E-state index contributed by atoms with van der Waals surface area (Å²) < 4.78 is 0. The molecule has 0 atom stereocenters. The quantitative estimate of drug-likeness (QED) is 0.358. The van der Waals surface area contributed by atoms with Crippen LogP contribution in [0.1, 0.15) is 44.1 Å². The maximum Gasteiger partial charge on any atom is 0.270 e. The minimum atomic E-state index is -0.456. The van der Waals surface area contributed by atoms with Gasteiger partial charge >= 0.3 is 0 Å². The van der Waals surface area contributed by atoms with E-state index in [0.29, 0.717) is 10.7 Å². The van der Waals surface area contributed by atoms with Crippen molar-refractivity contribution in [3.8, 4) is 0 Å². The molecular weight excluding hydrogens is 362 g/mol. The number of rotatable bonds is 4. The van der Waals surface area contributed by atoms with Crippen LogP contribution < -0.4 is 10.6 Å². The molecule has 4 saturated carbocycles. The van der Waals surface area contributed by atoms with Crippen LogP contribution in [0, 0.1) is 27.9 Å². The van der Waals surface area contributed by atoms with E-state index in [9.17, 15) is 14.9 Å². The first-order valence-corrected chi connectivity index (χ1v) is 9.87. The first-order chi connectivity index (χ1) is 12.9. The fourth-order valence-electron chi connectivity index (χ4n) is 5.60. The van der Waals surface area contributed by atoms with E-state index in [-0.39, 0.29) is 17.1 Å². The number of hydrogen-bond donors (Lipinski definition) is 2. The van der Waals surface area contributed by atoms with E-state index < -0.39 is 4.92 Å². The Morgan fingerprint density at radius 1 is 1.19 bits per heavy atom. The monoisotopic (exact) mass is 385 g/mol. The van der Waals surface area contributed by atoms with E-state index in [0.717, 1.165) is 37.0 Å². The fourth-order valence-corrected chi connectivity index (χ4v) is 5.92. The van der Waals surface area contributed by atoms with Crippen LogP contribution in [0.15, 0.2) is 30.3 Å². The molecule has 4 bridgehead atoms. The Kier molecular flexibility index (Phi) is 4.72. The van der Waals surface area contributed by atoms with E-state index in [4.69, 9.17) is 12.2 Å². The topological polar surface area (TPSA) is 84.3 Å². The molecule has 1 aromatic carbocycles. The third kappa shape index (κ3) is 4.03. The number of thiocarbonyl (C=S) groups is 1. The van der Waals surface area contributed by atoms with Crippen molar-refractivity contribution in [2.75, 3.05) is 0 Å². The van der Waals surface area contributed by atoms with Crippen LogP contribution in [0.2, 0.25) is 0 Å². The largest absolute Gasteiger partial charge is 0.357 e. The minimum absolute atomic E-state index is 0.00318. The number of amides is 1. The number of carbonyl (C=O) groups excluding carboxylic acids is 1. The van der Waals surface area contributed by atoms with Gasteiger partial charge in [0.1, 0.15) is 0 Å². The summed E-state index contributed by atoms with van der Waals surface area (Å²) in [5.41, 5.74) is 0.652. The van der Waals surface area contributed by atoms with Crippen molar-refractivity contribution in [1.82, 2.24) is 10.6 Å². The van der Waals surface area contributed by atoms with Crippen molar-refractivity contribution < 1.29 is 9.72 Å². The predicted octanol–water partition coefficient (Wildman–Crippen LogP) is 3.57. The normalized spacial score (nSPS) is 31.0. The molecule has 4 aliphatic rings. The number of carbonyl (C=O) groups is 1. The molecule has 0 unspecified atom stereocenters. The average Bonchev–Trinajstić information content (AvgIpc) is 2.58. The maximum absolute atomic E-state index is 12.2. The summed E-state index contributed by atoms with van der Waals surface area (Å²) in [7, 11) is 0. The molecule has 7 heteroatoms. The van der Waals surface area contributed by atoms with Crippen LogP contribution >= 0.6 is 12.2 Å². The van der Waals surface area contributed by atoms with Crippen LogP contribution in [0.4, 0.5) is 5.69 Å².